The standard InChI is InChI=1S/C13H27NO/c1-11(12-7-5-6-8-12)14-9-10-15-13(2,3)4/h11-12,14H,5-10H2,1-4H3. The van der Waals surface area contributed by atoms with Crippen LogP contribution in [0.4, 0.5) is 0 Å². The highest BCUT2D eigenvalue weighted by Gasteiger charge is 2.20. The lowest BCUT2D eigenvalue weighted by Crippen LogP contribution is -2.36. The third kappa shape index (κ3) is 5.53. The SMILES string of the molecule is CC(NCCOC(C)(C)C)C1CCCC1. The summed E-state index contributed by atoms with van der Waals surface area (Å²) >= 11 is 0. The molecule has 0 radical (unpaired) electrons. The van der Waals surface area contributed by atoms with Crippen molar-refractivity contribution in [3.8, 4) is 0 Å². The molecule has 1 aliphatic rings. The van der Waals surface area contributed by atoms with Crippen LogP contribution in [0, 0.1) is 5.92 Å². The van der Waals surface area contributed by atoms with Crippen molar-refractivity contribution in [3.63, 3.8) is 0 Å². The van der Waals surface area contributed by atoms with E-state index in [0.29, 0.717) is 6.04 Å². The first-order valence-electron chi connectivity index (χ1n) is 6.36. The predicted molar refractivity (Wildman–Crippen MR) is 65.1 cm³/mol. The third-order valence-electron chi connectivity index (χ3n) is 3.21. The first kappa shape index (κ1) is 13.0. The third-order valence-corrected chi connectivity index (χ3v) is 3.21. The summed E-state index contributed by atoms with van der Waals surface area (Å²) in [6.07, 6.45) is 5.67. The zero-order chi connectivity index (χ0) is 11.3. The summed E-state index contributed by atoms with van der Waals surface area (Å²) in [7, 11) is 0. The molecule has 1 saturated carbocycles. The summed E-state index contributed by atoms with van der Waals surface area (Å²) in [6.45, 7) is 10.4. The van der Waals surface area contributed by atoms with Crippen LogP contribution in [0.15, 0.2) is 0 Å². The molecule has 2 heteroatoms. The molecule has 0 bridgehead atoms. The molecule has 1 unspecified atom stereocenters. The lowest BCUT2D eigenvalue weighted by Gasteiger charge is -2.23. The molecule has 0 aromatic heterocycles. The quantitative estimate of drug-likeness (QED) is 0.709. The Morgan fingerprint density at radius 1 is 1.27 bits per heavy atom. The zero-order valence-electron chi connectivity index (χ0n) is 10.8. The van der Waals surface area contributed by atoms with Crippen LogP contribution < -0.4 is 5.32 Å². The van der Waals surface area contributed by atoms with Crippen molar-refractivity contribution in [2.24, 2.45) is 5.92 Å². The predicted octanol–water partition coefficient (Wildman–Crippen LogP) is 2.97. The molecule has 0 aromatic rings. The maximum Gasteiger partial charge on any atom is 0.0599 e. The van der Waals surface area contributed by atoms with E-state index < -0.39 is 0 Å². The van der Waals surface area contributed by atoms with Crippen molar-refractivity contribution in [1.29, 1.82) is 0 Å². The Labute approximate surface area is 94.8 Å². The van der Waals surface area contributed by atoms with Gasteiger partial charge in [0.05, 0.1) is 12.2 Å². The van der Waals surface area contributed by atoms with Gasteiger partial charge in [0.25, 0.3) is 0 Å². The van der Waals surface area contributed by atoms with E-state index in [0.717, 1.165) is 19.1 Å². The van der Waals surface area contributed by atoms with Gasteiger partial charge in [-0.1, -0.05) is 12.8 Å². The van der Waals surface area contributed by atoms with Crippen molar-refractivity contribution in [2.45, 2.75) is 65.0 Å². The Balaban J connectivity index is 2.04. The van der Waals surface area contributed by atoms with E-state index in [1.54, 1.807) is 0 Å². The molecule has 0 aliphatic heterocycles. The van der Waals surface area contributed by atoms with Gasteiger partial charge in [-0.3, -0.25) is 0 Å². The summed E-state index contributed by atoms with van der Waals surface area (Å²) in [4.78, 5) is 0. The lowest BCUT2D eigenvalue weighted by atomic mass is 10.00. The molecule has 1 fully saturated rings. The summed E-state index contributed by atoms with van der Waals surface area (Å²) in [5.74, 6) is 0.902. The average molecular weight is 213 g/mol. The van der Waals surface area contributed by atoms with Crippen molar-refractivity contribution >= 4 is 0 Å². The second-order valence-electron chi connectivity index (χ2n) is 5.75. The van der Waals surface area contributed by atoms with Gasteiger partial charge in [0, 0.05) is 12.6 Å². The van der Waals surface area contributed by atoms with Gasteiger partial charge in [-0.15, -0.1) is 0 Å². The van der Waals surface area contributed by atoms with Gasteiger partial charge in [0.2, 0.25) is 0 Å². The van der Waals surface area contributed by atoms with Gasteiger partial charge >= 0.3 is 0 Å². The van der Waals surface area contributed by atoms with Gasteiger partial charge in [-0.05, 0) is 46.5 Å². The lowest BCUT2D eigenvalue weighted by molar-refractivity contribution is -0.00198. The van der Waals surface area contributed by atoms with E-state index in [2.05, 4.69) is 33.0 Å². The number of rotatable bonds is 5. The minimum Gasteiger partial charge on any atom is -0.375 e. The van der Waals surface area contributed by atoms with Crippen LogP contribution in [0.1, 0.15) is 53.4 Å². The maximum absolute atomic E-state index is 5.68. The summed E-state index contributed by atoms with van der Waals surface area (Å²) in [5.41, 5.74) is -0.00171. The second kappa shape index (κ2) is 5.86. The molecule has 0 heterocycles. The molecule has 1 rings (SSSR count). The fourth-order valence-corrected chi connectivity index (χ4v) is 2.27. The smallest absolute Gasteiger partial charge is 0.0599 e. The largest absolute Gasteiger partial charge is 0.375 e. The number of hydrogen-bond donors (Lipinski definition) is 1. The van der Waals surface area contributed by atoms with Crippen LogP contribution in [-0.2, 0) is 4.74 Å². The molecular formula is C13H27NO. The topological polar surface area (TPSA) is 21.3 Å². The zero-order valence-corrected chi connectivity index (χ0v) is 10.8. The molecular weight excluding hydrogens is 186 g/mol. The highest BCUT2D eigenvalue weighted by Crippen LogP contribution is 2.27. The number of hydrogen-bond acceptors (Lipinski definition) is 2. The maximum atomic E-state index is 5.68. The van der Waals surface area contributed by atoms with Crippen LogP contribution in [0.3, 0.4) is 0 Å². The van der Waals surface area contributed by atoms with Crippen molar-refractivity contribution in [2.75, 3.05) is 13.2 Å². The number of nitrogens with one attached hydrogen (secondary N) is 1. The summed E-state index contributed by atoms with van der Waals surface area (Å²) in [5, 5.41) is 3.57. The molecule has 0 saturated heterocycles. The molecule has 1 atom stereocenters. The number of ether oxygens (including phenoxy) is 1. The van der Waals surface area contributed by atoms with Crippen LogP contribution >= 0.6 is 0 Å². The van der Waals surface area contributed by atoms with Crippen molar-refractivity contribution < 1.29 is 4.74 Å². The minimum atomic E-state index is -0.00171. The van der Waals surface area contributed by atoms with E-state index in [9.17, 15) is 0 Å². The van der Waals surface area contributed by atoms with E-state index in [4.69, 9.17) is 4.74 Å². The molecule has 0 aromatic carbocycles. The molecule has 0 spiro atoms. The van der Waals surface area contributed by atoms with E-state index in [-0.39, 0.29) is 5.60 Å². The van der Waals surface area contributed by atoms with Crippen LogP contribution in [0.2, 0.25) is 0 Å². The highest BCUT2D eigenvalue weighted by atomic mass is 16.5. The van der Waals surface area contributed by atoms with Gasteiger partial charge in [0.15, 0.2) is 0 Å². The van der Waals surface area contributed by atoms with Crippen molar-refractivity contribution in [1.82, 2.24) is 5.32 Å². The molecule has 90 valence electrons. The van der Waals surface area contributed by atoms with Gasteiger partial charge in [-0.2, -0.15) is 0 Å². The second-order valence-corrected chi connectivity index (χ2v) is 5.75. The van der Waals surface area contributed by atoms with E-state index in [1.807, 2.05) is 0 Å². The Morgan fingerprint density at radius 2 is 1.87 bits per heavy atom. The Kier molecular flexibility index (Phi) is 5.07. The Morgan fingerprint density at radius 3 is 2.40 bits per heavy atom. The van der Waals surface area contributed by atoms with Gasteiger partial charge < -0.3 is 10.1 Å². The van der Waals surface area contributed by atoms with Crippen LogP contribution in [0.25, 0.3) is 0 Å². The Bertz CT molecular complexity index is 168. The van der Waals surface area contributed by atoms with Crippen LogP contribution in [-0.4, -0.2) is 24.8 Å². The first-order chi connectivity index (χ1) is 6.99. The van der Waals surface area contributed by atoms with Gasteiger partial charge in [0.1, 0.15) is 0 Å². The summed E-state index contributed by atoms with van der Waals surface area (Å²) < 4.78 is 5.68. The van der Waals surface area contributed by atoms with Gasteiger partial charge in [-0.25, -0.2) is 0 Å². The van der Waals surface area contributed by atoms with Crippen molar-refractivity contribution in [3.05, 3.63) is 0 Å². The highest BCUT2D eigenvalue weighted by molar-refractivity contribution is 4.77. The first-order valence-corrected chi connectivity index (χ1v) is 6.36. The molecule has 2 nitrogen and oxygen atoms in total. The normalized spacial score (nSPS) is 20.8. The fraction of sp³-hybridized carbons (Fsp3) is 1.00. The monoisotopic (exact) mass is 213 g/mol. The fourth-order valence-electron chi connectivity index (χ4n) is 2.27. The minimum absolute atomic E-state index is 0.00171. The van der Waals surface area contributed by atoms with E-state index in [1.165, 1.54) is 25.7 Å². The average Bonchev–Trinajstić information content (AvgIpc) is 2.63. The molecule has 15 heavy (non-hydrogen) atoms. The summed E-state index contributed by atoms with van der Waals surface area (Å²) in [6, 6.07) is 0.663. The molecule has 1 N–H and O–H groups in total. The van der Waals surface area contributed by atoms with Crippen LogP contribution in [0.5, 0.6) is 0 Å². The molecule has 0 amide bonds. The molecule has 1 aliphatic carbocycles. The van der Waals surface area contributed by atoms with E-state index >= 15 is 0 Å². The Hall–Kier alpha value is -0.0800.